The summed E-state index contributed by atoms with van der Waals surface area (Å²) in [7, 11) is 0. The van der Waals surface area contributed by atoms with E-state index in [1.807, 2.05) is 0 Å². The molecule has 1 rings (SSSR count). The van der Waals surface area contributed by atoms with Crippen molar-refractivity contribution >= 4 is 12.4 Å². The number of aromatic amines is 1. The maximum Gasteiger partial charge on any atom is 0.167 e. The van der Waals surface area contributed by atoms with Gasteiger partial charge in [0.25, 0.3) is 0 Å². The van der Waals surface area contributed by atoms with Gasteiger partial charge in [-0.15, -0.1) is 12.4 Å². The van der Waals surface area contributed by atoms with Gasteiger partial charge >= 0.3 is 0 Å². The number of nitrogens with one attached hydrogen (secondary N) is 1. The van der Waals surface area contributed by atoms with Crippen molar-refractivity contribution in [1.82, 2.24) is 15.2 Å². The second kappa shape index (κ2) is 4.27. The van der Waals surface area contributed by atoms with E-state index in [0.717, 1.165) is 0 Å². The molecule has 6 heteroatoms. The van der Waals surface area contributed by atoms with Gasteiger partial charge in [-0.25, -0.2) is 4.98 Å². The lowest BCUT2D eigenvalue weighted by Crippen LogP contribution is -2.06. The Hall–Kier alpha value is -0.650. The first-order chi connectivity index (χ1) is 4.74. The number of hydrogen-bond donors (Lipinski definition) is 3. The summed E-state index contributed by atoms with van der Waals surface area (Å²) in [6, 6.07) is -0.184. The van der Waals surface area contributed by atoms with E-state index < -0.39 is 0 Å². The molecule has 0 aliphatic rings. The summed E-state index contributed by atoms with van der Waals surface area (Å²) in [5.41, 5.74) is 5.46. The van der Waals surface area contributed by atoms with E-state index in [2.05, 4.69) is 15.2 Å². The van der Waals surface area contributed by atoms with Crippen LogP contribution in [0.3, 0.4) is 0 Å². The quantitative estimate of drug-likeness (QED) is 0.582. The van der Waals surface area contributed by atoms with Gasteiger partial charge in [0, 0.05) is 0 Å². The molecule has 1 heterocycles. The highest BCUT2D eigenvalue weighted by atomic mass is 35.5. The molecule has 0 fully saturated rings. The van der Waals surface area contributed by atoms with Crippen LogP contribution in [0, 0.1) is 0 Å². The Morgan fingerprint density at radius 2 is 2.36 bits per heavy atom. The van der Waals surface area contributed by atoms with Gasteiger partial charge in [0.2, 0.25) is 0 Å². The van der Waals surface area contributed by atoms with Crippen LogP contribution in [-0.4, -0.2) is 20.3 Å². The third kappa shape index (κ3) is 2.45. The van der Waals surface area contributed by atoms with E-state index in [0.29, 0.717) is 11.6 Å². The smallest absolute Gasteiger partial charge is 0.167 e. The number of aliphatic hydroxyl groups is 1. The highest BCUT2D eigenvalue weighted by Crippen LogP contribution is 2.00. The SMILES string of the molecule is C[C@H](N)c1n[nH]c(CO)n1.Cl. The molecule has 0 spiro atoms. The van der Waals surface area contributed by atoms with Crippen molar-refractivity contribution in [3.05, 3.63) is 11.6 Å². The molecule has 0 saturated heterocycles. The van der Waals surface area contributed by atoms with Gasteiger partial charge in [0.1, 0.15) is 12.4 Å². The van der Waals surface area contributed by atoms with E-state index in [4.69, 9.17) is 10.8 Å². The Labute approximate surface area is 70.4 Å². The van der Waals surface area contributed by atoms with E-state index in [1.165, 1.54) is 0 Å². The molecule has 4 N–H and O–H groups in total. The first-order valence-corrected chi connectivity index (χ1v) is 3.01. The van der Waals surface area contributed by atoms with Crippen LogP contribution < -0.4 is 5.73 Å². The predicted molar refractivity (Wildman–Crippen MR) is 42.2 cm³/mol. The Balaban J connectivity index is 0.000001000. The minimum atomic E-state index is -0.184. The van der Waals surface area contributed by atoms with Crippen molar-refractivity contribution in [2.75, 3.05) is 0 Å². The fraction of sp³-hybridized carbons (Fsp3) is 0.600. The molecule has 0 aliphatic heterocycles. The summed E-state index contributed by atoms with van der Waals surface area (Å²) in [4.78, 5) is 3.89. The van der Waals surface area contributed by atoms with Crippen LogP contribution in [0.15, 0.2) is 0 Å². The monoisotopic (exact) mass is 178 g/mol. The Morgan fingerprint density at radius 1 is 1.73 bits per heavy atom. The number of aromatic nitrogens is 3. The number of aliphatic hydroxyl groups excluding tert-OH is 1. The standard InChI is InChI=1S/C5H10N4O.ClH/c1-3(6)5-7-4(2-10)8-9-5;/h3,10H,2,6H2,1H3,(H,7,8,9);1H/t3-;/m0./s1. The topological polar surface area (TPSA) is 87.8 Å². The number of nitrogens with zero attached hydrogens (tertiary/aromatic N) is 2. The molecule has 0 radical (unpaired) electrons. The van der Waals surface area contributed by atoms with Gasteiger partial charge in [-0.05, 0) is 6.92 Å². The summed E-state index contributed by atoms with van der Waals surface area (Å²) >= 11 is 0. The Morgan fingerprint density at radius 3 is 2.64 bits per heavy atom. The second-order valence-corrected chi connectivity index (χ2v) is 2.09. The zero-order valence-corrected chi connectivity index (χ0v) is 6.93. The van der Waals surface area contributed by atoms with Crippen LogP contribution in [0.1, 0.15) is 24.6 Å². The molecule has 64 valence electrons. The van der Waals surface area contributed by atoms with Crippen LogP contribution in [0.5, 0.6) is 0 Å². The molecule has 0 bridgehead atoms. The van der Waals surface area contributed by atoms with E-state index in [9.17, 15) is 0 Å². The number of hydrogen-bond acceptors (Lipinski definition) is 4. The van der Waals surface area contributed by atoms with Crippen molar-refractivity contribution < 1.29 is 5.11 Å². The third-order valence-electron chi connectivity index (χ3n) is 1.11. The average molecular weight is 179 g/mol. The summed E-state index contributed by atoms with van der Waals surface area (Å²) in [5, 5.41) is 14.9. The van der Waals surface area contributed by atoms with Crippen LogP contribution in [0.2, 0.25) is 0 Å². The number of nitrogens with two attached hydrogens (primary N) is 1. The van der Waals surface area contributed by atoms with Crippen molar-refractivity contribution in [2.45, 2.75) is 19.6 Å². The van der Waals surface area contributed by atoms with Gasteiger partial charge in [0.15, 0.2) is 5.82 Å². The molecule has 0 amide bonds. The van der Waals surface area contributed by atoms with Crippen LogP contribution in [0.25, 0.3) is 0 Å². The van der Waals surface area contributed by atoms with Gasteiger partial charge < -0.3 is 10.8 Å². The molecule has 1 aromatic heterocycles. The summed E-state index contributed by atoms with van der Waals surface area (Å²) in [6.07, 6.45) is 0. The van der Waals surface area contributed by atoms with Crippen molar-refractivity contribution in [2.24, 2.45) is 5.73 Å². The van der Waals surface area contributed by atoms with Gasteiger partial charge in [-0.1, -0.05) is 0 Å². The minimum Gasteiger partial charge on any atom is -0.388 e. The molecule has 5 nitrogen and oxygen atoms in total. The number of H-pyrrole nitrogens is 1. The first kappa shape index (κ1) is 10.3. The molecule has 0 aromatic carbocycles. The fourth-order valence-corrected chi connectivity index (χ4v) is 0.584. The second-order valence-electron chi connectivity index (χ2n) is 2.09. The molecule has 0 saturated carbocycles. The molecule has 0 unspecified atom stereocenters. The zero-order valence-electron chi connectivity index (χ0n) is 6.11. The fourth-order valence-electron chi connectivity index (χ4n) is 0.584. The van der Waals surface area contributed by atoms with E-state index in [-0.39, 0.29) is 25.1 Å². The molecular formula is C5H11ClN4O. The predicted octanol–water partition coefficient (Wildman–Crippen LogP) is -0.261. The Bertz CT molecular complexity index is 212. The van der Waals surface area contributed by atoms with Crippen molar-refractivity contribution in [3.8, 4) is 0 Å². The number of halogens is 1. The number of rotatable bonds is 2. The summed E-state index contributed by atoms with van der Waals surface area (Å²) in [5.74, 6) is 0.983. The van der Waals surface area contributed by atoms with E-state index in [1.54, 1.807) is 6.92 Å². The highest BCUT2D eigenvalue weighted by Gasteiger charge is 2.04. The van der Waals surface area contributed by atoms with Crippen LogP contribution >= 0.6 is 12.4 Å². The lowest BCUT2D eigenvalue weighted by atomic mass is 10.3. The van der Waals surface area contributed by atoms with Crippen LogP contribution in [0.4, 0.5) is 0 Å². The highest BCUT2D eigenvalue weighted by molar-refractivity contribution is 5.85. The van der Waals surface area contributed by atoms with Crippen molar-refractivity contribution in [1.29, 1.82) is 0 Å². The molecule has 1 atom stereocenters. The minimum absolute atomic E-state index is 0. The largest absolute Gasteiger partial charge is 0.388 e. The van der Waals surface area contributed by atoms with Gasteiger partial charge in [0.05, 0.1) is 6.04 Å². The maximum absolute atomic E-state index is 8.56. The molecule has 0 aliphatic carbocycles. The maximum atomic E-state index is 8.56. The van der Waals surface area contributed by atoms with Crippen molar-refractivity contribution in [3.63, 3.8) is 0 Å². The average Bonchev–Trinajstić information content (AvgIpc) is 2.34. The lowest BCUT2D eigenvalue weighted by molar-refractivity contribution is 0.271. The molecule has 11 heavy (non-hydrogen) atoms. The van der Waals surface area contributed by atoms with Crippen LogP contribution in [-0.2, 0) is 6.61 Å². The normalized spacial score (nSPS) is 12.3. The van der Waals surface area contributed by atoms with Gasteiger partial charge in [-0.3, -0.25) is 5.10 Å². The zero-order chi connectivity index (χ0) is 7.56. The Kier molecular flexibility index (Phi) is 4.02. The summed E-state index contributed by atoms with van der Waals surface area (Å²) < 4.78 is 0. The summed E-state index contributed by atoms with van der Waals surface area (Å²) in [6.45, 7) is 1.66. The lowest BCUT2D eigenvalue weighted by Gasteiger charge is -1.93. The van der Waals surface area contributed by atoms with E-state index >= 15 is 0 Å². The molecular weight excluding hydrogens is 168 g/mol. The first-order valence-electron chi connectivity index (χ1n) is 3.01. The van der Waals surface area contributed by atoms with Gasteiger partial charge in [-0.2, -0.15) is 5.10 Å². The molecule has 1 aromatic rings. The third-order valence-corrected chi connectivity index (χ3v) is 1.11.